The zero-order valence-corrected chi connectivity index (χ0v) is 13.2. The number of sulfone groups is 1. The van der Waals surface area contributed by atoms with Crippen molar-refractivity contribution in [1.29, 1.82) is 0 Å². The molecule has 0 amide bonds. The first kappa shape index (κ1) is 14.4. The van der Waals surface area contributed by atoms with Gasteiger partial charge in [0.1, 0.15) is 0 Å². The number of hydrogen-bond acceptors (Lipinski definition) is 5. The van der Waals surface area contributed by atoms with Gasteiger partial charge in [0.2, 0.25) is 0 Å². The Kier molecular flexibility index (Phi) is 3.91. The number of pyridine rings is 1. The lowest BCUT2D eigenvalue weighted by atomic mass is 10.0. The molecular formula is C15H16N2O2S2. The van der Waals surface area contributed by atoms with Gasteiger partial charge in [0.15, 0.2) is 14.9 Å². The predicted octanol–water partition coefficient (Wildman–Crippen LogP) is 2.89. The predicted molar refractivity (Wildman–Crippen MR) is 86.3 cm³/mol. The highest BCUT2D eigenvalue weighted by molar-refractivity contribution is 7.98. The molecule has 1 unspecified atom stereocenters. The SMILES string of the molecule is CS(=O)(=O)c1ccc(NC2CSCc3ccccc32)cn1. The number of rotatable bonds is 3. The highest BCUT2D eigenvalue weighted by Gasteiger charge is 2.20. The van der Waals surface area contributed by atoms with Gasteiger partial charge in [0.25, 0.3) is 0 Å². The first-order valence-corrected chi connectivity index (χ1v) is 9.67. The first-order chi connectivity index (χ1) is 10.0. The molecule has 0 fully saturated rings. The molecule has 1 aromatic heterocycles. The molecule has 1 atom stereocenters. The van der Waals surface area contributed by atoms with E-state index in [0.29, 0.717) is 0 Å². The maximum absolute atomic E-state index is 11.4. The van der Waals surface area contributed by atoms with Crippen molar-refractivity contribution in [2.45, 2.75) is 16.8 Å². The van der Waals surface area contributed by atoms with Crippen LogP contribution in [0.25, 0.3) is 0 Å². The van der Waals surface area contributed by atoms with Crippen LogP contribution in [0.15, 0.2) is 47.6 Å². The van der Waals surface area contributed by atoms with Gasteiger partial charge in [-0.25, -0.2) is 13.4 Å². The van der Waals surface area contributed by atoms with Crippen molar-refractivity contribution in [2.75, 3.05) is 17.3 Å². The van der Waals surface area contributed by atoms with E-state index >= 15 is 0 Å². The second kappa shape index (κ2) is 5.69. The maximum atomic E-state index is 11.4. The molecule has 6 heteroatoms. The normalized spacial score (nSPS) is 18.0. The molecule has 0 saturated carbocycles. The molecule has 0 saturated heterocycles. The average molecular weight is 320 g/mol. The Balaban J connectivity index is 1.82. The summed E-state index contributed by atoms with van der Waals surface area (Å²) in [6.45, 7) is 0. The highest BCUT2D eigenvalue weighted by Crippen LogP contribution is 2.33. The number of nitrogens with one attached hydrogen (secondary N) is 1. The van der Waals surface area contributed by atoms with Gasteiger partial charge in [-0.2, -0.15) is 11.8 Å². The lowest BCUT2D eigenvalue weighted by Gasteiger charge is -2.26. The van der Waals surface area contributed by atoms with Gasteiger partial charge in [-0.1, -0.05) is 24.3 Å². The number of fused-ring (bicyclic) bond motifs is 1. The minimum atomic E-state index is -3.24. The minimum absolute atomic E-state index is 0.103. The van der Waals surface area contributed by atoms with E-state index in [4.69, 9.17) is 0 Å². The summed E-state index contributed by atoms with van der Waals surface area (Å²) in [5.74, 6) is 2.03. The highest BCUT2D eigenvalue weighted by atomic mass is 32.2. The van der Waals surface area contributed by atoms with E-state index in [1.54, 1.807) is 18.3 Å². The fourth-order valence-corrected chi connectivity index (χ4v) is 4.05. The van der Waals surface area contributed by atoms with Crippen LogP contribution in [0, 0.1) is 0 Å². The minimum Gasteiger partial charge on any atom is -0.376 e. The molecule has 0 bridgehead atoms. The molecule has 0 aliphatic carbocycles. The largest absolute Gasteiger partial charge is 0.376 e. The van der Waals surface area contributed by atoms with Crippen molar-refractivity contribution in [2.24, 2.45) is 0 Å². The molecule has 4 nitrogen and oxygen atoms in total. The van der Waals surface area contributed by atoms with E-state index in [1.165, 1.54) is 11.1 Å². The molecule has 2 aromatic rings. The van der Waals surface area contributed by atoms with E-state index in [-0.39, 0.29) is 11.1 Å². The van der Waals surface area contributed by atoms with E-state index in [0.717, 1.165) is 23.4 Å². The fourth-order valence-electron chi connectivity index (χ4n) is 2.39. The van der Waals surface area contributed by atoms with E-state index in [2.05, 4.69) is 34.6 Å². The van der Waals surface area contributed by atoms with Crippen molar-refractivity contribution < 1.29 is 8.42 Å². The van der Waals surface area contributed by atoms with Crippen molar-refractivity contribution >= 4 is 27.3 Å². The zero-order chi connectivity index (χ0) is 14.9. The standard InChI is InChI=1S/C15H16N2O2S2/c1-21(18,19)15-7-6-12(8-16-15)17-14-10-20-9-11-4-2-3-5-13(11)14/h2-8,14,17H,9-10H2,1H3. The molecule has 110 valence electrons. The number of hydrogen-bond donors (Lipinski definition) is 1. The van der Waals surface area contributed by atoms with Crippen LogP contribution in [0.1, 0.15) is 17.2 Å². The van der Waals surface area contributed by atoms with Crippen LogP contribution in [-0.2, 0) is 15.6 Å². The number of aromatic nitrogens is 1. The summed E-state index contributed by atoms with van der Waals surface area (Å²) in [6.07, 6.45) is 2.74. The summed E-state index contributed by atoms with van der Waals surface area (Å²) < 4.78 is 22.8. The van der Waals surface area contributed by atoms with Crippen LogP contribution < -0.4 is 5.32 Å². The van der Waals surface area contributed by atoms with Gasteiger partial charge in [0, 0.05) is 17.8 Å². The van der Waals surface area contributed by atoms with E-state index < -0.39 is 9.84 Å². The molecule has 0 radical (unpaired) electrons. The third-order valence-corrected chi connectivity index (χ3v) is 5.52. The number of benzene rings is 1. The van der Waals surface area contributed by atoms with Crippen molar-refractivity contribution in [3.63, 3.8) is 0 Å². The molecule has 1 aliphatic heterocycles. The molecule has 1 aliphatic rings. The molecule has 1 N–H and O–H groups in total. The monoisotopic (exact) mass is 320 g/mol. The molecule has 2 heterocycles. The number of anilines is 1. The van der Waals surface area contributed by atoms with Crippen molar-refractivity contribution in [1.82, 2.24) is 4.98 Å². The second-order valence-electron chi connectivity index (χ2n) is 5.07. The van der Waals surface area contributed by atoms with Crippen LogP contribution in [0.5, 0.6) is 0 Å². The summed E-state index contributed by atoms with van der Waals surface area (Å²) in [5, 5.41) is 3.54. The Labute approximate surface area is 128 Å². The summed E-state index contributed by atoms with van der Waals surface area (Å²) in [4.78, 5) is 4.01. The Morgan fingerprint density at radius 2 is 2.05 bits per heavy atom. The van der Waals surface area contributed by atoms with Gasteiger partial charge in [-0.15, -0.1) is 0 Å². The lowest BCUT2D eigenvalue weighted by Crippen LogP contribution is -2.18. The van der Waals surface area contributed by atoms with Gasteiger partial charge < -0.3 is 5.32 Å². The van der Waals surface area contributed by atoms with Gasteiger partial charge in [-0.3, -0.25) is 0 Å². The summed E-state index contributed by atoms with van der Waals surface area (Å²) in [7, 11) is -3.24. The van der Waals surface area contributed by atoms with E-state index in [9.17, 15) is 8.42 Å². The average Bonchev–Trinajstić information content (AvgIpc) is 2.47. The fraction of sp³-hybridized carbons (Fsp3) is 0.267. The van der Waals surface area contributed by atoms with Crippen LogP contribution >= 0.6 is 11.8 Å². The maximum Gasteiger partial charge on any atom is 0.192 e. The van der Waals surface area contributed by atoms with Crippen molar-refractivity contribution in [3.05, 3.63) is 53.7 Å². The topological polar surface area (TPSA) is 59.1 Å². The third kappa shape index (κ3) is 3.22. The second-order valence-corrected chi connectivity index (χ2v) is 8.06. The zero-order valence-electron chi connectivity index (χ0n) is 11.6. The Hall–Kier alpha value is -1.53. The molecule has 21 heavy (non-hydrogen) atoms. The van der Waals surface area contributed by atoms with Gasteiger partial charge >= 0.3 is 0 Å². The summed E-state index contributed by atoms with van der Waals surface area (Å²) >= 11 is 1.89. The Bertz CT molecular complexity index is 743. The number of thioether (sulfide) groups is 1. The van der Waals surface area contributed by atoms with Gasteiger partial charge in [0.05, 0.1) is 17.9 Å². The lowest BCUT2D eigenvalue weighted by molar-refractivity contribution is 0.598. The molecule has 0 spiro atoms. The van der Waals surface area contributed by atoms with E-state index in [1.807, 2.05) is 11.8 Å². The third-order valence-electron chi connectivity index (χ3n) is 3.43. The first-order valence-electron chi connectivity index (χ1n) is 6.62. The molecule has 1 aromatic carbocycles. The Morgan fingerprint density at radius 3 is 2.76 bits per heavy atom. The van der Waals surface area contributed by atoms with Crippen LogP contribution in [0.4, 0.5) is 5.69 Å². The molecule has 3 rings (SSSR count). The van der Waals surface area contributed by atoms with Crippen LogP contribution in [0.3, 0.4) is 0 Å². The summed E-state index contributed by atoms with van der Waals surface area (Å²) in [5.41, 5.74) is 3.50. The Morgan fingerprint density at radius 1 is 1.24 bits per heavy atom. The summed E-state index contributed by atoms with van der Waals surface area (Å²) in [6, 6.07) is 11.9. The quantitative estimate of drug-likeness (QED) is 0.942. The van der Waals surface area contributed by atoms with Gasteiger partial charge in [-0.05, 0) is 23.3 Å². The number of nitrogens with zero attached hydrogens (tertiary/aromatic N) is 1. The van der Waals surface area contributed by atoms with Crippen LogP contribution in [-0.4, -0.2) is 25.4 Å². The van der Waals surface area contributed by atoms with Crippen molar-refractivity contribution in [3.8, 4) is 0 Å². The van der Waals surface area contributed by atoms with Crippen LogP contribution in [0.2, 0.25) is 0 Å². The smallest absolute Gasteiger partial charge is 0.192 e. The molecular weight excluding hydrogens is 304 g/mol.